The Bertz CT molecular complexity index is 1120. The number of carbonyl (C=O) groups is 1. The smallest absolute Gasteiger partial charge is 0.222 e. The SMILES string of the molecule is C[C@@H]1CN([C@H](C)CO)C(=O)CCCn2cc(nn2)CO[C@H]1CN(C)Cc1ccc2cccnc2c1. The minimum absolute atomic E-state index is 0.0498. The summed E-state index contributed by atoms with van der Waals surface area (Å²) in [6, 6.07) is 10.1. The maximum atomic E-state index is 13.0. The van der Waals surface area contributed by atoms with Gasteiger partial charge in [0.2, 0.25) is 5.91 Å². The number of nitrogens with zero attached hydrogens (tertiary/aromatic N) is 6. The molecule has 0 radical (unpaired) electrons. The Morgan fingerprint density at radius 3 is 3.00 bits per heavy atom. The normalized spacial score (nSPS) is 20.9. The van der Waals surface area contributed by atoms with Gasteiger partial charge >= 0.3 is 0 Å². The molecule has 9 nitrogen and oxygen atoms in total. The lowest BCUT2D eigenvalue weighted by atomic mass is 10.0. The second-order valence-electron chi connectivity index (χ2n) is 9.71. The highest BCUT2D eigenvalue weighted by atomic mass is 16.5. The standard InChI is InChI=1S/C26H36N6O3/c1-19-13-32(20(2)17-33)26(34)7-5-11-31-15-23(28-29-31)18-35-25(19)16-30(3)14-21-8-9-22-6-4-10-27-24(22)12-21/h4,6,8-10,12,15,19-20,25,33H,5,7,11,13-14,16-18H2,1-3H3/t19-,20-,25+/m1/s1. The number of rotatable bonds is 6. The molecule has 3 atom stereocenters. The summed E-state index contributed by atoms with van der Waals surface area (Å²) < 4.78 is 8.14. The number of benzene rings is 1. The van der Waals surface area contributed by atoms with Crippen molar-refractivity contribution in [2.24, 2.45) is 5.92 Å². The molecule has 4 rings (SSSR count). The summed E-state index contributed by atoms with van der Waals surface area (Å²) in [5, 5.41) is 19.3. The van der Waals surface area contributed by atoms with Crippen LogP contribution in [0.15, 0.2) is 42.7 Å². The van der Waals surface area contributed by atoms with E-state index in [2.05, 4.69) is 58.4 Å². The summed E-state index contributed by atoms with van der Waals surface area (Å²) in [6.07, 6.45) is 4.66. The lowest BCUT2D eigenvalue weighted by Crippen LogP contribution is -2.47. The van der Waals surface area contributed by atoms with Crippen LogP contribution in [0.1, 0.15) is 37.9 Å². The molecule has 1 aliphatic rings. The van der Waals surface area contributed by atoms with Gasteiger partial charge in [-0.2, -0.15) is 0 Å². The molecule has 35 heavy (non-hydrogen) atoms. The first-order valence-electron chi connectivity index (χ1n) is 12.4. The lowest BCUT2D eigenvalue weighted by molar-refractivity contribution is -0.136. The molecular weight excluding hydrogens is 444 g/mol. The zero-order valence-electron chi connectivity index (χ0n) is 20.9. The number of carbonyl (C=O) groups excluding carboxylic acids is 1. The van der Waals surface area contributed by atoms with Gasteiger partial charge in [-0.05, 0) is 38.1 Å². The van der Waals surface area contributed by atoms with Crippen molar-refractivity contribution in [1.82, 2.24) is 29.8 Å². The highest BCUT2D eigenvalue weighted by Gasteiger charge is 2.28. The molecule has 2 aromatic heterocycles. The molecule has 0 aliphatic carbocycles. The number of aliphatic hydroxyl groups excluding tert-OH is 1. The Morgan fingerprint density at radius 1 is 1.31 bits per heavy atom. The van der Waals surface area contributed by atoms with Gasteiger partial charge in [0.15, 0.2) is 0 Å². The van der Waals surface area contributed by atoms with Crippen LogP contribution in [-0.4, -0.2) is 79.7 Å². The van der Waals surface area contributed by atoms with E-state index in [1.54, 1.807) is 9.58 Å². The number of amides is 1. The van der Waals surface area contributed by atoms with Crippen molar-refractivity contribution >= 4 is 16.8 Å². The van der Waals surface area contributed by atoms with Crippen molar-refractivity contribution in [3.8, 4) is 0 Å². The van der Waals surface area contributed by atoms with E-state index >= 15 is 0 Å². The number of hydrogen-bond acceptors (Lipinski definition) is 7. The van der Waals surface area contributed by atoms with Crippen molar-refractivity contribution < 1.29 is 14.6 Å². The molecule has 3 aromatic rings. The van der Waals surface area contributed by atoms with Crippen LogP contribution in [-0.2, 0) is 29.2 Å². The summed E-state index contributed by atoms with van der Waals surface area (Å²) in [5.41, 5.74) is 2.96. The summed E-state index contributed by atoms with van der Waals surface area (Å²) in [4.78, 5) is 21.5. The minimum Gasteiger partial charge on any atom is -0.394 e. The molecule has 188 valence electrons. The third-order valence-electron chi connectivity index (χ3n) is 6.66. The molecule has 0 spiro atoms. The predicted molar refractivity (Wildman–Crippen MR) is 133 cm³/mol. The maximum Gasteiger partial charge on any atom is 0.222 e. The second kappa shape index (κ2) is 11.7. The van der Waals surface area contributed by atoms with E-state index in [1.807, 2.05) is 25.4 Å². The van der Waals surface area contributed by atoms with E-state index in [0.717, 1.165) is 23.1 Å². The van der Waals surface area contributed by atoms with Crippen LogP contribution in [0.3, 0.4) is 0 Å². The first kappa shape index (κ1) is 25.2. The molecule has 2 bridgehead atoms. The number of aromatic nitrogens is 4. The third kappa shape index (κ3) is 6.62. The van der Waals surface area contributed by atoms with Crippen LogP contribution >= 0.6 is 0 Å². The number of likely N-dealkylation sites (N-methyl/N-ethyl adjacent to an activating group) is 1. The second-order valence-corrected chi connectivity index (χ2v) is 9.71. The summed E-state index contributed by atoms with van der Waals surface area (Å²) in [6.45, 7) is 6.90. The molecule has 0 saturated heterocycles. The van der Waals surface area contributed by atoms with Crippen molar-refractivity contribution in [2.75, 3.05) is 26.7 Å². The third-order valence-corrected chi connectivity index (χ3v) is 6.66. The fourth-order valence-electron chi connectivity index (χ4n) is 4.59. The van der Waals surface area contributed by atoms with Gasteiger partial charge in [-0.3, -0.25) is 19.4 Å². The van der Waals surface area contributed by atoms with Gasteiger partial charge < -0.3 is 14.7 Å². The van der Waals surface area contributed by atoms with E-state index in [0.29, 0.717) is 39.1 Å². The monoisotopic (exact) mass is 480 g/mol. The van der Waals surface area contributed by atoms with Crippen molar-refractivity contribution in [3.63, 3.8) is 0 Å². The molecule has 1 aromatic carbocycles. The largest absolute Gasteiger partial charge is 0.394 e. The average Bonchev–Trinajstić information content (AvgIpc) is 3.31. The highest BCUT2D eigenvalue weighted by Crippen LogP contribution is 2.19. The Balaban J connectivity index is 1.50. The molecule has 1 N–H and O–H groups in total. The molecule has 9 heteroatoms. The highest BCUT2D eigenvalue weighted by molar-refractivity contribution is 5.78. The van der Waals surface area contributed by atoms with Crippen LogP contribution in [0, 0.1) is 5.92 Å². The van der Waals surface area contributed by atoms with Gasteiger partial charge in [-0.1, -0.05) is 30.3 Å². The van der Waals surface area contributed by atoms with Gasteiger partial charge in [0.25, 0.3) is 0 Å². The molecule has 0 fully saturated rings. The fraction of sp³-hybridized carbons (Fsp3) is 0.538. The van der Waals surface area contributed by atoms with Gasteiger partial charge in [0, 0.05) is 50.1 Å². The Hall–Kier alpha value is -2.88. The van der Waals surface area contributed by atoms with Crippen LogP contribution < -0.4 is 0 Å². The summed E-state index contributed by atoms with van der Waals surface area (Å²) in [7, 11) is 2.08. The summed E-state index contributed by atoms with van der Waals surface area (Å²) >= 11 is 0. The van der Waals surface area contributed by atoms with E-state index in [-0.39, 0.29) is 30.6 Å². The molecule has 0 saturated carbocycles. The summed E-state index contributed by atoms with van der Waals surface area (Å²) in [5.74, 6) is 0.109. The van der Waals surface area contributed by atoms with Crippen LogP contribution in [0.5, 0.6) is 0 Å². The van der Waals surface area contributed by atoms with Gasteiger partial charge in [0.05, 0.1) is 37.1 Å². The average molecular weight is 481 g/mol. The number of pyridine rings is 1. The van der Waals surface area contributed by atoms with E-state index in [9.17, 15) is 9.90 Å². The zero-order chi connectivity index (χ0) is 24.8. The molecule has 0 unspecified atom stereocenters. The van der Waals surface area contributed by atoms with Crippen LogP contribution in [0.2, 0.25) is 0 Å². The van der Waals surface area contributed by atoms with Crippen molar-refractivity contribution in [1.29, 1.82) is 0 Å². The Morgan fingerprint density at radius 2 is 2.17 bits per heavy atom. The quantitative estimate of drug-likeness (QED) is 0.579. The number of fused-ring (bicyclic) bond motifs is 3. The van der Waals surface area contributed by atoms with E-state index in [4.69, 9.17) is 4.74 Å². The minimum atomic E-state index is -0.240. The van der Waals surface area contributed by atoms with Crippen LogP contribution in [0.25, 0.3) is 10.9 Å². The molecule has 1 aliphatic heterocycles. The fourth-order valence-corrected chi connectivity index (χ4v) is 4.59. The number of hydrogen-bond donors (Lipinski definition) is 1. The van der Waals surface area contributed by atoms with Gasteiger partial charge in [0.1, 0.15) is 5.69 Å². The number of aryl methyl sites for hydroxylation is 1. The Kier molecular flexibility index (Phi) is 8.43. The van der Waals surface area contributed by atoms with E-state index in [1.165, 1.54) is 5.56 Å². The topological polar surface area (TPSA) is 96.6 Å². The molecule has 1 amide bonds. The maximum absolute atomic E-state index is 13.0. The van der Waals surface area contributed by atoms with Crippen molar-refractivity contribution in [2.45, 2.75) is 58.5 Å². The van der Waals surface area contributed by atoms with Crippen molar-refractivity contribution in [3.05, 3.63) is 54.0 Å². The number of ether oxygens (including phenoxy) is 1. The predicted octanol–water partition coefficient (Wildman–Crippen LogP) is 2.48. The first-order chi connectivity index (χ1) is 16.9. The van der Waals surface area contributed by atoms with E-state index < -0.39 is 0 Å². The van der Waals surface area contributed by atoms with Gasteiger partial charge in [-0.15, -0.1) is 5.10 Å². The molecule has 3 heterocycles. The molecular formula is C26H36N6O3. The number of aliphatic hydroxyl groups is 1. The lowest BCUT2D eigenvalue weighted by Gasteiger charge is -2.35. The first-order valence-corrected chi connectivity index (χ1v) is 12.4. The van der Waals surface area contributed by atoms with Crippen LogP contribution in [0.4, 0.5) is 0 Å². The zero-order valence-corrected chi connectivity index (χ0v) is 20.9. The van der Waals surface area contributed by atoms with Gasteiger partial charge in [-0.25, -0.2) is 0 Å². The Labute approximate surface area is 206 Å².